The summed E-state index contributed by atoms with van der Waals surface area (Å²) >= 11 is 0. The highest BCUT2D eigenvalue weighted by molar-refractivity contribution is 6.26. The second kappa shape index (κ2) is 13.3. The monoisotopic (exact) mass is 733 g/mol. The Hall–Kier alpha value is -7.70. The van der Waals surface area contributed by atoms with Gasteiger partial charge in [0.05, 0.1) is 27.8 Å². The highest BCUT2D eigenvalue weighted by atomic mass is 19.1. The fourth-order valence-corrected chi connectivity index (χ4v) is 8.32. The van der Waals surface area contributed by atoms with Crippen LogP contribution in [0.5, 0.6) is 0 Å². The lowest BCUT2D eigenvalue weighted by Gasteiger charge is -2.17. The summed E-state index contributed by atoms with van der Waals surface area (Å²) in [6, 6.07) is 65.0. The van der Waals surface area contributed by atoms with E-state index in [1.54, 1.807) is 6.07 Å². The molecule has 3 aromatic heterocycles. The zero-order valence-corrected chi connectivity index (χ0v) is 30.6. The maximum Gasteiger partial charge on any atom is 0.164 e. The third-order valence-corrected chi connectivity index (χ3v) is 10.8. The smallest absolute Gasteiger partial charge is 0.164 e. The number of halogens is 1. The van der Waals surface area contributed by atoms with Crippen molar-refractivity contribution in [2.45, 2.75) is 0 Å². The minimum Gasteiger partial charge on any atom is -0.309 e. The van der Waals surface area contributed by atoms with E-state index in [9.17, 15) is 0 Å². The summed E-state index contributed by atoms with van der Waals surface area (Å²) in [7, 11) is 0. The molecule has 3 heterocycles. The Balaban J connectivity index is 1.23. The van der Waals surface area contributed by atoms with Gasteiger partial charge < -0.3 is 9.13 Å². The molecule has 268 valence electrons. The molecular weight excluding hydrogens is 702 g/mol. The van der Waals surface area contributed by atoms with E-state index in [4.69, 9.17) is 15.0 Å². The van der Waals surface area contributed by atoms with Crippen molar-refractivity contribution in [1.29, 1.82) is 0 Å². The highest BCUT2D eigenvalue weighted by Crippen LogP contribution is 2.44. The number of nitrogens with zero attached hydrogens (tertiary/aromatic N) is 5. The van der Waals surface area contributed by atoms with Crippen molar-refractivity contribution in [3.63, 3.8) is 0 Å². The van der Waals surface area contributed by atoms with Gasteiger partial charge in [0.2, 0.25) is 0 Å². The SMILES string of the molecule is Fc1ccccc1-c1cc(-c2nc(-c3ccccc3)nc(-c3ccccc3)n2)ccc1-n1c2ccccc2c2ccc3c(c4ccccc4n3-c3ccccc3)c21. The number of benzene rings is 8. The number of fused-ring (bicyclic) bond motifs is 7. The molecule has 0 atom stereocenters. The summed E-state index contributed by atoms with van der Waals surface area (Å²) in [5, 5.41) is 4.51. The van der Waals surface area contributed by atoms with E-state index in [1.807, 2.05) is 91.0 Å². The first kappa shape index (κ1) is 32.7. The average molecular weight is 734 g/mol. The van der Waals surface area contributed by atoms with Crippen LogP contribution in [0.3, 0.4) is 0 Å². The van der Waals surface area contributed by atoms with Crippen LogP contribution in [0.15, 0.2) is 194 Å². The molecule has 6 heteroatoms. The van der Waals surface area contributed by atoms with E-state index in [2.05, 4.69) is 100 Å². The highest BCUT2D eigenvalue weighted by Gasteiger charge is 2.24. The van der Waals surface area contributed by atoms with Crippen molar-refractivity contribution < 1.29 is 4.39 Å². The fourth-order valence-electron chi connectivity index (χ4n) is 8.32. The third-order valence-electron chi connectivity index (χ3n) is 10.8. The Morgan fingerprint density at radius 2 is 0.912 bits per heavy atom. The molecular formula is C51H32FN5. The van der Waals surface area contributed by atoms with Gasteiger partial charge in [0.1, 0.15) is 5.82 Å². The molecule has 0 saturated heterocycles. The molecule has 0 aliphatic rings. The predicted molar refractivity (Wildman–Crippen MR) is 230 cm³/mol. The number of hydrogen-bond acceptors (Lipinski definition) is 3. The topological polar surface area (TPSA) is 48.5 Å². The zero-order valence-electron chi connectivity index (χ0n) is 30.6. The standard InChI is InChI=1S/C51H32FN5/c52-42-25-13-10-22-37(42)41-32-35(51-54-49(33-16-4-1-5-17-33)53-50(55-51)34-18-6-2-7-19-34)28-30-45(41)57-43-26-14-11-23-38(43)39-29-31-46-47(48(39)57)40-24-12-15-27-44(40)56(46)36-20-8-3-9-21-36/h1-32H. The van der Waals surface area contributed by atoms with Crippen LogP contribution in [0.1, 0.15) is 0 Å². The first-order chi connectivity index (χ1) is 28.2. The van der Waals surface area contributed by atoms with Gasteiger partial charge in [-0.1, -0.05) is 140 Å². The Labute approximate surface area is 327 Å². The molecule has 11 aromatic rings. The maximum atomic E-state index is 16.2. The lowest BCUT2D eigenvalue weighted by Crippen LogP contribution is -2.02. The molecule has 0 bridgehead atoms. The normalized spacial score (nSPS) is 11.6. The van der Waals surface area contributed by atoms with Crippen LogP contribution in [0.25, 0.3) is 100 Å². The summed E-state index contributed by atoms with van der Waals surface area (Å²) < 4.78 is 20.9. The fraction of sp³-hybridized carbons (Fsp3) is 0. The lowest BCUT2D eigenvalue weighted by molar-refractivity contribution is 0.631. The molecule has 0 amide bonds. The Bertz CT molecular complexity index is 3240. The van der Waals surface area contributed by atoms with Crippen LogP contribution in [0.2, 0.25) is 0 Å². The van der Waals surface area contributed by atoms with Crippen molar-refractivity contribution in [2.75, 3.05) is 0 Å². The van der Waals surface area contributed by atoms with Crippen molar-refractivity contribution in [3.05, 3.63) is 200 Å². The van der Waals surface area contributed by atoms with Gasteiger partial charge in [0, 0.05) is 55.0 Å². The molecule has 0 aliphatic carbocycles. The molecule has 5 nitrogen and oxygen atoms in total. The van der Waals surface area contributed by atoms with Gasteiger partial charge in [-0.05, 0) is 54.6 Å². The van der Waals surface area contributed by atoms with Crippen molar-refractivity contribution in [1.82, 2.24) is 24.1 Å². The molecule has 11 rings (SSSR count). The van der Waals surface area contributed by atoms with Crippen LogP contribution < -0.4 is 0 Å². The molecule has 0 spiro atoms. The minimum atomic E-state index is -0.312. The van der Waals surface area contributed by atoms with Gasteiger partial charge in [-0.25, -0.2) is 19.3 Å². The molecule has 8 aromatic carbocycles. The number of para-hydroxylation sites is 3. The molecule has 0 fully saturated rings. The average Bonchev–Trinajstić information content (AvgIpc) is 3.80. The summed E-state index contributed by atoms with van der Waals surface area (Å²) in [5.74, 6) is 1.32. The van der Waals surface area contributed by atoms with E-state index in [0.29, 0.717) is 23.0 Å². The van der Waals surface area contributed by atoms with Crippen LogP contribution >= 0.6 is 0 Å². The van der Waals surface area contributed by atoms with Crippen molar-refractivity contribution >= 4 is 43.6 Å². The molecule has 0 saturated carbocycles. The van der Waals surface area contributed by atoms with E-state index in [1.165, 1.54) is 6.07 Å². The van der Waals surface area contributed by atoms with E-state index < -0.39 is 0 Å². The van der Waals surface area contributed by atoms with Crippen LogP contribution in [-0.2, 0) is 0 Å². The summed E-state index contributed by atoms with van der Waals surface area (Å²) in [6.07, 6.45) is 0. The molecule has 57 heavy (non-hydrogen) atoms. The summed E-state index contributed by atoms with van der Waals surface area (Å²) in [5.41, 5.74) is 9.95. The van der Waals surface area contributed by atoms with Crippen LogP contribution in [0.4, 0.5) is 4.39 Å². The number of hydrogen-bond donors (Lipinski definition) is 0. The van der Waals surface area contributed by atoms with Gasteiger partial charge >= 0.3 is 0 Å². The summed E-state index contributed by atoms with van der Waals surface area (Å²) in [4.78, 5) is 15.0. The Morgan fingerprint density at radius 1 is 0.368 bits per heavy atom. The summed E-state index contributed by atoms with van der Waals surface area (Å²) in [6.45, 7) is 0. The quantitative estimate of drug-likeness (QED) is 0.171. The van der Waals surface area contributed by atoms with Gasteiger partial charge in [-0.3, -0.25) is 0 Å². The number of aromatic nitrogens is 5. The van der Waals surface area contributed by atoms with E-state index >= 15 is 4.39 Å². The maximum absolute atomic E-state index is 16.2. The second-order valence-corrected chi connectivity index (χ2v) is 14.1. The third kappa shape index (κ3) is 5.34. The van der Waals surface area contributed by atoms with E-state index in [0.717, 1.165) is 77.2 Å². The van der Waals surface area contributed by atoms with Gasteiger partial charge in [-0.15, -0.1) is 0 Å². The molecule has 0 radical (unpaired) electrons. The van der Waals surface area contributed by atoms with Crippen LogP contribution in [0, 0.1) is 5.82 Å². The predicted octanol–water partition coefficient (Wildman–Crippen LogP) is 12.9. The van der Waals surface area contributed by atoms with Gasteiger partial charge in [0.15, 0.2) is 17.5 Å². The van der Waals surface area contributed by atoms with E-state index in [-0.39, 0.29) is 5.82 Å². The largest absolute Gasteiger partial charge is 0.309 e. The Morgan fingerprint density at radius 3 is 1.58 bits per heavy atom. The Kier molecular flexibility index (Phi) is 7.60. The number of rotatable bonds is 6. The van der Waals surface area contributed by atoms with Gasteiger partial charge in [0.25, 0.3) is 0 Å². The van der Waals surface area contributed by atoms with Crippen molar-refractivity contribution in [3.8, 4) is 56.7 Å². The molecule has 0 unspecified atom stereocenters. The van der Waals surface area contributed by atoms with Crippen molar-refractivity contribution in [2.24, 2.45) is 0 Å². The van der Waals surface area contributed by atoms with Gasteiger partial charge in [-0.2, -0.15) is 0 Å². The van der Waals surface area contributed by atoms with Crippen LogP contribution in [-0.4, -0.2) is 24.1 Å². The minimum absolute atomic E-state index is 0.312. The molecule has 0 N–H and O–H groups in total. The lowest BCUT2D eigenvalue weighted by atomic mass is 9.99. The first-order valence-corrected chi connectivity index (χ1v) is 19.0. The first-order valence-electron chi connectivity index (χ1n) is 19.0. The molecule has 0 aliphatic heterocycles. The zero-order chi connectivity index (χ0) is 37.9. The second-order valence-electron chi connectivity index (χ2n) is 14.1.